The topological polar surface area (TPSA) is 26.0 Å². The maximum absolute atomic E-state index is 5.52. The summed E-state index contributed by atoms with van der Waals surface area (Å²) in [6.45, 7) is 3.07. The molecule has 0 radical (unpaired) electrons. The third-order valence-electron chi connectivity index (χ3n) is 2.08. The standard InChI is InChI=1S/C8H15N/c1-7-2-4-8(6-9)5-3-7/h2,8H,3-6,9H2,1H3/t8-/m0/s1. The highest BCUT2D eigenvalue weighted by atomic mass is 14.5. The zero-order chi connectivity index (χ0) is 6.69. The molecule has 0 unspecified atom stereocenters. The van der Waals surface area contributed by atoms with Gasteiger partial charge < -0.3 is 5.73 Å². The van der Waals surface area contributed by atoms with Crippen LogP contribution in [0.5, 0.6) is 0 Å². The summed E-state index contributed by atoms with van der Waals surface area (Å²) < 4.78 is 0. The molecule has 2 N–H and O–H groups in total. The Morgan fingerprint density at radius 1 is 1.78 bits per heavy atom. The molecule has 0 amide bonds. The molecule has 0 aromatic rings. The Labute approximate surface area is 56.9 Å². The van der Waals surface area contributed by atoms with Gasteiger partial charge in [0.15, 0.2) is 0 Å². The summed E-state index contributed by atoms with van der Waals surface area (Å²) >= 11 is 0. The van der Waals surface area contributed by atoms with Crippen LogP contribution in [-0.2, 0) is 0 Å². The average Bonchev–Trinajstić information content (AvgIpc) is 1.90. The molecule has 0 heterocycles. The maximum Gasteiger partial charge on any atom is -0.00458 e. The van der Waals surface area contributed by atoms with Crippen LogP contribution in [0.1, 0.15) is 26.2 Å². The van der Waals surface area contributed by atoms with Crippen molar-refractivity contribution in [2.24, 2.45) is 11.7 Å². The quantitative estimate of drug-likeness (QED) is 0.530. The lowest BCUT2D eigenvalue weighted by molar-refractivity contribution is 0.480. The number of rotatable bonds is 1. The maximum atomic E-state index is 5.52. The molecule has 0 bridgehead atoms. The monoisotopic (exact) mass is 125 g/mol. The SMILES string of the molecule is CC1=CC[C@H](CN)CC1. The van der Waals surface area contributed by atoms with Crippen LogP contribution in [0, 0.1) is 5.92 Å². The Balaban J connectivity index is 2.36. The van der Waals surface area contributed by atoms with E-state index in [9.17, 15) is 0 Å². The fourth-order valence-electron chi connectivity index (χ4n) is 1.23. The fraction of sp³-hybridized carbons (Fsp3) is 0.750. The molecular formula is C8H15N. The first-order chi connectivity index (χ1) is 4.33. The summed E-state index contributed by atoms with van der Waals surface area (Å²) in [7, 11) is 0. The molecule has 1 aliphatic carbocycles. The third-order valence-corrected chi connectivity index (χ3v) is 2.08. The van der Waals surface area contributed by atoms with E-state index in [1.165, 1.54) is 19.3 Å². The minimum absolute atomic E-state index is 0.772. The summed E-state index contributed by atoms with van der Waals surface area (Å²) in [4.78, 5) is 0. The van der Waals surface area contributed by atoms with Crippen molar-refractivity contribution in [3.63, 3.8) is 0 Å². The highest BCUT2D eigenvalue weighted by molar-refractivity contribution is 5.02. The molecule has 1 aliphatic rings. The molecule has 1 atom stereocenters. The van der Waals surface area contributed by atoms with Crippen LogP contribution in [0.2, 0.25) is 0 Å². The van der Waals surface area contributed by atoms with Crippen LogP contribution in [0.15, 0.2) is 11.6 Å². The highest BCUT2D eigenvalue weighted by Gasteiger charge is 2.09. The van der Waals surface area contributed by atoms with Crippen molar-refractivity contribution in [3.8, 4) is 0 Å². The van der Waals surface area contributed by atoms with E-state index in [0.29, 0.717) is 0 Å². The van der Waals surface area contributed by atoms with Crippen LogP contribution >= 0.6 is 0 Å². The summed E-state index contributed by atoms with van der Waals surface area (Å²) in [5.41, 5.74) is 7.06. The van der Waals surface area contributed by atoms with Crippen LogP contribution in [0.4, 0.5) is 0 Å². The van der Waals surface area contributed by atoms with Gasteiger partial charge in [0.2, 0.25) is 0 Å². The third kappa shape index (κ3) is 1.83. The summed E-state index contributed by atoms with van der Waals surface area (Å²) in [5, 5.41) is 0. The minimum atomic E-state index is 0.772. The predicted octanol–water partition coefficient (Wildman–Crippen LogP) is 1.69. The number of allylic oxidation sites excluding steroid dienone is 2. The van der Waals surface area contributed by atoms with Crippen LogP contribution in [-0.4, -0.2) is 6.54 Å². The Bertz CT molecular complexity index is 116. The van der Waals surface area contributed by atoms with E-state index in [0.717, 1.165) is 12.5 Å². The first-order valence-electron chi connectivity index (χ1n) is 3.68. The molecule has 52 valence electrons. The first kappa shape index (κ1) is 6.81. The molecule has 0 aliphatic heterocycles. The van der Waals surface area contributed by atoms with Crippen molar-refractivity contribution < 1.29 is 0 Å². The molecule has 9 heavy (non-hydrogen) atoms. The van der Waals surface area contributed by atoms with E-state index in [1.807, 2.05) is 0 Å². The van der Waals surface area contributed by atoms with E-state index in [2.05, 4.69) is 13.0 Å². The molecule has 1 nitrogen and oxygen atoms in total. The van der Waals surface area contributed by atoms with Crippen molar-refractivity contribution >= 4 is 0 Å². The molecule has 0 fully saturated rings. The van der Waals surface area contributed by atoms with Gasteiger partial charge in [-0.3, -0.25) is 0 Å². The molecule has 0 saturated carbocycles. The highest BCUT2D eigenvalue weighted by Crippen LogP contribution is 2.21. The van der Waals surface area contributed by atoms with Crippen molar-refractivity contribution in [1.29, 1.82) is 0 Å². The number of nitrogens with two attached hydrogens (primary N) is 1. The second-order valence-corrected chi connectivity index (χ2v) is 2.93. The molecule has 1 heteroatoms. The molecular weight excluding hydrogens is 110 g/mol. The van der Waals surface area contributed by atoms with Gasteiger partial charge in [0.25, 0.3) is 0 Å². The summed E-state index contributed by atoms with van der Waals surface area (Å²) in [6.07, 6.45) is 6.10. The van der Waals surface area contributed by atoms with Gasteiger partial charge in [0.05, 0.1) is 0 Å². The second kappa shape index (κ2) is 3.02. The molecule has 0 aromatic carbocycles. The van der Waals surface area contributed by atoms with E-state index in [4.69, 9.17) is 5.73 Å². The van der Waals surface area contributed by atoms with Gasteiger partial charge >= 0.3 is 0 Å². The van der Waals surface area contributed by atoms with E-state index in [1.54, 1.807) is 5.57 Å². The van der Waals surface area contributed by atoms with Gasteiger partial charge in [0.1, 0.15) is 0 Å². The second-order valence-electron chi connectivity index (χ2n) is 2.93. The molecule has 1 rings (SSSR count). The summed E-state index contributed by atoms with van der Waals surface area (Å²) in [6, 6.07) is 0. The zero-order valence-corrected chi connectivity index (χ0v) is 6.06. The normalized spacial score (nSPS) is 27.8. The van der Waals surface area contributed by atoms with Crippen molar-refractivity contribution in [1.82, 2.24) is 0 Å². The average molecular weight is 125 g/mol. The lowest BCUT2D eigenvalue weighted by Gasteiger charge is -2.17. The van der Waals surface area contributed by atoms with Crippen LogP contribution in [0.25, 0.3) is 0 Å². The molecule has 0 aromatic heterocycles. The van der Waals surface area contributed by atoms with E-state index >= 15 is 0 Å². The summed E-state index contributed by atoms with van der Waals surface area (Å²) in [5.74, 6) is 0.772. The van der Waals surface area contributed by atoms with Crippen LogP contribution < -0.4 is 5.73 Å². The largest absolute Gasteiger partial charge is 0.330 e. The van der Waals surface area contributed by atoms with E-state index in [-0.39, 0.29) is 0 Å². The van der Waals surface area contributed by atoms with Crippen molar-refractivity contribution in [2.45, 2.75) is 26.2 Å². The first-order valence-corrected chi connectivity index (χ1v) is 3.68. The lowest BCUT2D eigenvalue weighted by atomic mass is 9.91. The van der Waals surface area contributed by atoms with Gasteiger partial charge in [0, 0.05) is 0 Å². The van der Waals surface area contributed by atoms with Gasteiger partial charge in [-0.15, -0.1) is 0 Å². The Kier molecular flexibility index (Phi) is 2.29. The molecule has 0 saturated heterocycles. The Morgan fingerprint density at radius 2 is 2.56 bits per heavy atom. The smallest absolute Gasteiger partial charge is 0.00458 e. The van der Waals surface area contributed by atoms with Gasteiger partial charge in [-0.05, 0) is 38.6 Å². The Morgan fingerprint density at radius 3 is 3.00 bits per heavy atom. The lowest BCUT2D eigenvalue weighted by Crippen LogP contribution is -2.15. The number of hydrogen-bond acceptors (Lipinski definition) is 1. The Hall–Kier alpha value is -0.300. The van der Waals surface area contributed by atoms with Crippen molar-refractivity contribution in [2.75, 3.05) is 6.54 Å². The van der Waals surface area contributed by atoms with Gasteiger partial charge in [-0.25, -0.2) is 0 Å². The molecule has 0 spiro atoms. The predicted molar refractivity (Wildman–Crippen MR) is 40.2 cm³/mol. The van der Waals surface area contributed by atoms with Crippen molar-refractivity contribution in [3.05, 3.63) is 11.6 Å². The minimum Gasteiger partial charge on any atom is -0.330 e. The fourth-order valence-corrected chi connectivity index (χ4v) is 1.23. The van der Waals surface area contributed by atoms with Crippen LogP contribution in [0.3, 0.4) is 0 Å². The van der Waals surface area contributed by atoms with E-state index < -0.39 is 0 Å². The van der Waals surface area contributed by atoms with Gasteiger partial charge in [-0.2, -0.15) is 0 Å². The van der Waals surface area contributed by atoms with Gasteiger partial charge in [-0.1, -0.05) is 11.6 Å². The number of hydrogen-bond donors (Lipinski definition) is 1. The zero-order valence-electron chi connectivity index (χ0n) is 6.06.